The molecule has 0 radical (unpaired) electrons. The molecule has 1 aliphatic rings. The van der Waals surface area contributed by atoms with Crippen LogP contribution in [0.15, 0.2) is 17.6 Å². The molecule has 0 amide bonds. The molecule has 3 rings (SSSR count). The molecule has 1 heterocycles. The highest BCUT2D eigenvalue weighted by atomic mass is 32.1. The Hall–Kier alpha value is -1.69. The standard InChI is InChI=1S/C15H19N3O2S/c1-9-3-4-11(10(2)7-9)17-12-5-6-13-14(16-8-21-13)15(12)18(19)20/h5-6,8-11,17H,3-4,7H2,1-2H3. The van der Waals surface area contributed by atoms with Crippen molar-refractivity contribution in [1.82, 2.24) is 4.98 Å². The number of nitro groups is 1. The van der Waals surface area contributed by atoms with Crippen molar-refractivity contribution in [3.05, 3.63) is 27.8 Å². The van der Waals surface area contributed by atoms with Crippen molar-refractivity contribution in [3.8, 4) is 0 Å². The maximum absolute atomic E-state index is 11.4. The summed E-state index contributed by atoms with van der Waals surface area (Å²) in [4.78, 5) is 15.3. The smallest absolute Gasteiger partial charge is 0.319 e. The van der Waals surface area contributed by atoms with Crippen LogP contribution in [0.5, 0.6) is 0 Å². The highest BCUT2D eigenvalue weighted by molar-refractivity contribution is 7.16. The van der Waals surface area contributed by atoms with E-state index in [0.29, 0.717) is 23.2 Å². The number of rotatable bonds is 3. The molecule has 21 heavy (non-hydrogen) atoms. The van der Waals surface area contributed by atoms with Gasteiger partial charge in [-0.05, 0) is 43.2 Å². The summed E-state index contributed by atoms with van der Waals surface area (Å²) in [5.74, 6) is 1.27. The summed E-state index contributed by atoms with van der Waals surface area (Å²) < 4.78 is 0.859. The lowest BCUT2D eigenvalue weighted by Crippen LogP contribution is -2.33. The van der Waals surface area contributed by atoms with Crippen LogP contribution >= 0.6 is 11.3 Å². The van der Waals surface area contributed by atoms with Crippen LogP contribution < -0.4 is 5.32 Å². The van der Waals surface area contributed by atoms with Gasteiger partial charge in [-0.3, -0.25) is 10.1 Å². The molecular weight excluding hydrogens is 286 g/mol. The molecule has 0 spiro atoms. The summed E-state index contributed by atoms with van der Waals surface area (Å²) in [7, 11) is 0. The van der Waals surface area contributed by atoms with Gasteiger partial charge >= 0.3 is 5.69 Å². The lowest BCUT2D eigenvalue weighted by atomic mass is 9.80. The van der Waals surface area contributed by atoms with E-state index in [0.717, 1.165) is 17.0 Å². The largest absolute Gasteiger partial charge is 0.376 e. The third-order valence-corrected chi connectivity index (χ3v) is 5.22. The Balaban J connectivity index is 1.93. The fraction of sp³-hybridized carbons (Fsp3) is 0.533. The second-order valence-electron chi connectivity index (χ2n) is 6.06. The summed E-state index contributed by atoms with van der Waals surface area (Å²) >= 11 is 1.43. The Bertz CT molecular complexity index is 670. The number of hydrogen-bond acceptors (Lipinski definition) is 5. The van der Waals surface area contributed by atoms with Gasteiger partial charge in [0.25, 0.3) is 0 Å². The van der Waals surface area contributed by atoms with E-state index in [1.54, 1.807) is 5.51 Å². The summed E-state index contributed by atoms with van der Waals surface area (Å²) in [6, 6.07) is 4.04. The zero-order valence-corrected chi connectivity index (χ0v) is 13.0. The second kappa shape index (κ2) is 5.60. The molecule has 1 fully saturated rings. The Morgan fingerprint density at radius 1 is 1.38 bits per heavy atom. The number of aromatic nitrogens is 1. The summed E-state index contributed by atoms with van der Waals surface area (Å²) in [6.07, 6.45) is 3.41. The second-order valence-corrected chi connectivity index (χ2v) is 6.95. The van der Waals surface area contributed by atoms with Crippen LogP contribution in [0, 0.1) is 22.0 Å². The first-order valence-corrected chi connectivity index (χ1v) is 8.21. The lowest BCUT2D eigenvalue weighted by Gasteiger charge is -2.33. The summed E-state index contributed by atoms with van der Waals surface area (Å²) in [5, 5.41) is 14.8. The first kappa shape index (κ1) is 14.3. The number of nitrogens with zero attached hydrogens (tertiary/aromatic N) is 2. The number of hydrogen-bond donors (Lipinski definition) is 1. The van der Waals surface area contributed by atoms with E-state index in [9.17, 15) is 10.1 Å². The molecule has 0 aliphatic heterocycles. The molecule has 6 heteroatoms. The van der Waals surface area contributed by atoms with E-state index in [2.05, 4.69) is 24.1 Å². The van der Waals surface area contributed by atoms with Crippen LogP contribution in [-0.4, -0.2) is 15.9 Å². The van der Waals surface area contributed by atoms with Crippen LogP contribution in [0.3, 0.4) is 0 Å². The van der Waals surface area contributed by atoms with Crippen molar-refractivity contribution in [1.29, 1.82) is 0 Å². The molecule has 1 N–H and O–H groups in total. The van der Waals surface area contributed by atoms with E-state index in [4.69, 9.17) is 0 Å². The molecule has 0 bridgehead atoms. The minimum absolute atomic E-state index is 0.111. The monoisotopic (exact) mass is 305 g/mol. The fourth-order valence-corrected chi connectivity index (χ4v) is 3.98. The summed E-state index contributed by atoms with van der Waals surface area (Å²) in [5.41, 5.74) is 2.86. The molecule has 1 aromatic carbocycles. The molecule has 1 aliphatic carbocycles. The first-order valence-electron chi connectivity index (χ1n) is 7.33. The number of nitrogens with one attached hydrogen (secondary N) is 1. The predicted octanol–water partition coefficient (Wildman–Crippen LogP) is 4.44. The van der Waals surface area contributed by atoms with Gasteiger partial charge in [0.15, 0.2) is 5.52 Å². The number of anilines is 1. The number of thiazole rings is 1. The number of benzene rings is 1. The van der Waals surface area contributed by atoms with Gasteiger partial charge in [0.2, 0.25) is 0 Å². The van der Waals surface area contributed by atoms with Gasteiger partial charge in [0, 0.05) is 6.04 Å². The highest BCUT2D eigenvalue weighted by Crippen LogP contribution is 2.37. The van der Waals surface area contributed by atoms with Crippen molar-refractivity contribution in [2.24, 2.45) is 11.8 Å². The van der Waals surface area contributed by atoms with E-state index >= 15 is 0 Å². The molecular formula is C15H19N3O2S. The molecule has 112 valence electrons. The molecule has 2 aromatic rings. The van der Waals surface area contributed by atoms with Crippen LogP contribution in [0.25, 0.3) is 10.2 Å². The molecule has 5 nitrogen and oxygen atoms in total. The van der Waals surface area contributed by atoms with Gasteiger partial charge < -0.3 is 5.32 Å². The maximum Gasteiger partial charge on any atom is 0.319 e. The molecule has 1 aromatic heterocycles. The minimum Gasteiger partial charge on any atom is -0.376 e. The number of fused-ring (bicyclic) bond motifs is 1. The van der Waals surface area contributed by atoms with Gasteiger partial charge in [0.1, 0.15) is 5.69 Å². The zero-order chi connectivity index (χ0) is 15.0. The van der Waals surface area contributed by atoms with Crippen LogP contribution in [0.1, 0.15) is 33.1 Å². The maximum atomic E-state index is 11.4. The Morgan fingerprint density at radius 2 is 2.19 bits per heavy atom. The summed E-state index contributed by atoms with van der Waals surface area (Å²) in [6.45, 7) is 4.50. The number of nitro benzene ring substituents is 1. The van der Waals surface area contributed by atoms with E-state index in [-0.39, 0.29) is 10.6 Å². The van der Waals surface area contributed by atoms with E-state index in [1.807, 2.05) is 12.1 Å². The molecule has 0 saturated heterocycles. The van der Waals surface area contributed by atoms with Crippen LogP contribution in [0.4, 0.5) is 11.4 Å². The van der Waals surface area contributed by atoms with Gasteiger partial charge in [0.05, 0.1) is 15.1 Å². The van der Waals surface area contributed by atoms with Crippen molar-refractivity contribution in [3.63, 3.8) is 0 Å². The Kier molecular flexibility index (Phi) is 3.80. The van der Waals surface area contributed by atoms with Gasteiger partial charge in [-0.1, -0.05) is 13.8 Å². The third kappa shape index (κ3) is 2.72. The van der Waals surface area contributed by atoms with Crippen molar-refractivity contribution >= 4 is 32.9 Å². The van der Waals surface area contributed by atoms with Crippen molar-refractivity contribution in [2.75, 3.05) is 5.32 Å². The molecule has 3 atom stereocenters. The lowest BCUT2D eigenvalue weighted by molar-refractivity contribution is -0.382. The average molecular weight is 305 g/mol. The molecule has 1 saturated carbocycles. The zero-order valence-electron chi connectivity index (χ0n) is 12.2. The Labute approximate surface area is 127 Å². The van der Waals surface area contributed by atoms with Crippen LogP contribution in [0.2, 0.25) is 0 Å². The van der Waals surface area contributed by atoms with Gasteiger partial charge in [-0.25, -0.2) is 4.98 Å². The predicted molar refractivity (Wildman–Crippen MR) is 85.9 cm³/mol. The van der Waals surface area contributed by atoms with Crippen molar-refractivity contribution in [2.45, 2.75) is 39.2 Å². The Morgan fingerprint density at radius 3 is 2.90 bits per heavy atom. The van der Waals surface area contributed by atoms with Gasteiger partial charge in [-0.15, -0.1) is 11.3 Å². The first-order chi connectivity index (χ1) is 10.1. The van der Waals surface area contributed by atoms with Gasteiger partial charge in [-0.2, -0.15) is 0 Å². The quantitative estimate of drug-likeness (QED) is 0.672. The third-order valence-electron chi connectivity index (χ3n) is 4.43. The van der Waals surface area contributed by atoms with Crippen LogP contribution in [-0.2, 0) is 0 Å². The van der Waals surface area contributed by atoms with Crippen molar-refractivity contribution < 1.29 is 4.92 Å². The normalized spacial score (nSPS) is 25.9. The SMILES string of the molecule is CC1CCC(Nc2ccc3scnc3c2[N+](=O)[O-])C(C)C1. The topological polar surface area (TPSA) is 68.1 Å². The van der Waals surface area contributed by atoms with E-state index in [1.165, 1.54) is 24.2 Å². The van der Waals surface area contributed by atoms with E-state index < -0.39 is 0 Å². The average Bonchev–Trinajstić information content (AvgIpc) is 2.89. The fourth-order valence-electron chi connectivity index (χ4n) is 3.30. The molecule has 3 unspecified atom stereocenters. The minimum atomic E-state index is -0.319. The highest BCUT2D eigenvalue weighted by Gasteiger charge is 2.28.